The molecule has 3 rings (SSSR count). The summed E-state index contributed by atoms with van der Waals surface area (Å²) in [6.07, 6.45) is 0.0217. The third-order valence-corrected chi connectivity index (χ3v) is 4.65. The molecule has 0 bridgehead atoms. The SMILES string of the molecule is COC(=O)c1ccc(CC(C)NCC(O)c2cc3cc(OC)ccc3o2)cc1. The molecule has 0 aliphatic heterocycles. The molecule has 6 heteroatoms. The molecule has 2 atom stereocenters. The Morgan fingerprint density at radius 1 is 1.14 bits per heavy atom. The molecule has 28 heavy (non-hydrogen) atoms. The van der Waals surface area contributed by atoms with Crippen molar-refractivity contribution in [1.29, 1.82) is 0 Å². The van der Waals surface area contributed by atoms with E-state index in [9.17, 15) is 9.90 Å². The molecule has 2 N–H and O–H groups in total. The number of ether oxygens (including phenoxy) is 2. The minimum atomic E-state index is -0.748. The second-order valence-electron chi connectivity index (χ2n) is 6.77. The number of furan rings is 1. The number of esters is 1. The molecule has 2 aromatic carbocycles. The second kappa shape index (κ2) is 8.91. The number of carbonyl (C=O) groups excluding carboxylic acids is 1. The van der Waals surface area contributed by atoms with Crippen molar-refractivity contribution in [1.82, 2.24) is 5.32 Å². The van der Waals surface area contributed by atoms with Crippen LogP contribution in [-0.2, 0) is 11.2 Å². The molecule has 6 nitrogen and oxygen atoms in total. The molecule has 0 fully saturated rings. The molecule has 0 aliphatic rings. The lowest BCUT2D eigenvalue weighted by atomic mass is 10.0. The van der Waals surface area contributed by atoms with Crippen LogP contribution >= 0.6 is 0 Å². The average Bonchev–Trinajstić information content (AvgIpc) is 3.15. The highest BCUT2D eigenvalue weighted by molar-refractivity contribution is 5.89. The van der Waals surface area contributed by atoms with Crippen LogP contribution in [-0.4, -0.2) is 37.9 Å². The van der Waals surface area contributed by atoms with Gasteiger partial charge in [-0.3, -0.25) is 0 Å². The van der Waals surface area contributed by atoms with Gasteiger partial charge in [0.2, 0.25) is 0 Å². The monoisotopic (exact) mass is 383 g/mol. The molecule has 1 heterocycles. The first-order valence-corrected chi connectivity index (χ1v) is 9.16. The predicted octanol–water partition coefficient (Wildman–Crippen LogP) is 3.48. The second-order valence-corrected chi connectivity index (χ2v) is 6.77. The minimum Gasteiger partial charge on any atom is -0.497 e. The van der Waals surface area contributed by atoms with Gasteiger partial charge in [0.25, 0.3) is 0 Å². The zero-order valence-corrected chi connectivity index (χ0v) is 16.3. The number of aliphatic hydroxyl groups excluding tert-OH is 1. The predicted molar refractivity (Wildman–Crippen MR) is 107 cm³/mol. The van der Waals surface area contributed by atoms with Crippen molar-refractivity contribution in [3.63, 3.8) is 0 Å². The Kier molecular flexibility index (Phi) is 6.34. The van der Waals surface area contributed by atoms with Gasteiger partial charge in [-0.05, 0) is 55.3 Å². The molecule has 1 aromatic heterocycles. The van der Waals surface area contributed by atoms with E-state index in [1.54, 1.807) is 19.2 Å². The van der Waals surface area contributed by atoms with E-state index in [4.69, 9.17) is 13.9 Å². The fraction of sp³-hybridized carbons (Fsp3) is 0.318. The number of rotatable bonds is 8. The van der Waals surface area contributed by atoms with Crippen LogP contribution in [0.25, 0.3) is 11.0 Å². The summed E-state index contributed by atoms with van der Waals surface area (Å²) in [5, 5.41) is 14.7. The third kappa shape index (κ3) is 4.71. The molecule has 0 saturated carbocycles. The smallest absolute Gasteiger partial charge is 0.337 e. The van der Waals surface area contributed by atoms with Gasteiger partial charge >= 0.3 is 5.97 Å². The zero-order valence-electron chi connectivity index (χ0n) is 16.3. The largest absolute Gasteiger partial charge is 0.497 e. The Morgan fingerprint density at radius 3 is 2.57 bits per heavy atom. The van der Waals surface area contributed by atoms with Crippen LogP contribution in [0.4, 0.5) is 0 Å². The summed E-state index contributed by atoms with van der Waals surface area (Å²) in [5.41, 5.74) is 2.34. The maximum absolute atomic E-state index is 11.5. The van der Waals surface area contributed by atoms with Gasteiger partial charge < -0.3 is 24.3 Å². The van der Waals surface area contributed by atoms with E-state index < -0.39 is 6.10 Å². The Hall–Kier alpha value is -2.83. The normalized spacial score (nSPS) is 13.3. The van der Waals surface area contributed by atoms with Crippen LogP contribution < -0.4 is 10.1 Å². The van der Waals surface area contributed by atoms with Gasteiger partial charge in [0.1, 0.15) is 23.2 Å². The number of benzene rings is 2. The summed E-state index contributed by atoms with van der Waals surface area (Å²) >= 11 is 0. The maximum Gasteiger partial charge on any atom is 0.337 e. The number of aliphatic hydroxyl groups is 1. The minimum absolute atomic E-state index is 0.142. The number of fused-ring (bicyclic) bond motifs is 1. The molecule has 3 aromatic rings. The fourth-order valence-electron chi connectivity index (χ4n) is 3.07. The van der Waals surface area contributed by atoms with E-state index >= 15 is 0 Å². The average molecular weight is 383 g/mol. The Labute approximate surface area is 164 Å². The first-order chi connectivity index (χ1) is 13.5. The highest BCUT2D eigenvalue weighted by Gasteiger charge is 2.15. The lowest BCUT2D eigenvalue weighted by Gasteiger charge is -2.16. The van der Waals surface area contributed by atoms with E-state index in [-0.39, 0.29) is 12.0 Å². The summed E-state index contributed by atoms with van der Waals surface area (Å²) in [7, 11) is 2.98. The maximum atomic E-state index is 11.5. The molecular formula is C22H25NO5. The Balaban J connectivity index is 1.55. The Bertz CT molecular complexity index is 932. The molecule has 0 radical (unpaired) electrons. The first kappa shape index (κ1) is 19.9. The van der Waals surface area contributed by atoms with Gasteiger partial charge in [-0.2, -0.15) is 0 Å². The summed E-state index contributed by atoms with van der Waals surface area (Å²) in [4.78, 5) is 11.5. The number of nitrogens with one attached hydrogen (secondary N) is 1. The topological polar surface area (TPSA) is 80.9 Å². The van der Waals surface area contributed by atoms with Crippen LogP contribution in [0.15, 0.2) is 52.9 Å². The van der Waals surface area contributed by atoms with Crippen LogP contribution in [0.1, 0.15) is 34.7 Å². The fourth-order valence-corrected chi connectivity index (χ4v) is 3.07. The van der Waals surface area contributed by atoms with E-state index in [2.05, 4.69) is 5.32 Å². The first-order valence-electron chi connectivity index (χ1n) is 9.16. The lowest BCUT2D eigenvalue weighted by Crippen LogP contribution is -2.31. The molecule has 0 amide bonds. The lowest BCUT2D eigenvalue weighted by molar-refractivity contribution is 0.0600. The van der Waals surface area contributed by atoms with Crippen molar-refractivity contribution in [2.45, 2.75) is 25.5 Å². The van der Waals surface area contributed by atoms with E-state index in [0.29, 0.717) is 23.5 Å². The number of hydrogen-bond donors (Lipinski definition) is 2. The van der Waals surface area contributed by atoms with Crippen LogP contribution in [0.2, 0.25) is 0 Å². The number of methoxy groups -OCH3 is 2. The van der Waals surface area contributed by atoms with E-state index in [1.807, 2.05) is 43.3 Å². The van der Waals surface area contributed by atoms with Crippen molar-refractivity contribution in [2.75, 3.05) is 20.8 Å². The van der Waals surface area contributed by atoms with Crippen molar-refractivity contribution >= 4 is 16.9 Å². The van der Waals surface area contributed by atoms with Gasteiger partial charge in [0.05, 0.1) is 19.8 Å². The van der Waals surface area contributed by atoms with Gasteiger partial charge in [-0.15, -0.1) is 0 Å². The van der Waals surface area contributed by atoms with Gasteiger partial charge in [0, 0.05) is 18.0 Å². The van der Waals surface area contributed by atoms with Crippen LogP contribution in [0.5, 0.6) is 5.75 Å². The molecule has 0 saturated heterocycles. The standard InChI is InChI=1S/C22H25NO5/c1-14(10-15-4-6-16(7-5-15)22(25)27-3)23-13-19(24)21-12-17-11-18(26-2)8-9-20(17)28-21/h4-9,11-12,14,19,23-24H,10,13H2,1-3H3. The quantitative estimate of drug-likeness (QED) is 0.580. The highest BCUT2D eigenvalue weighted by Crippen LogP contribution is 2.27. The molecule has 0 aliphatic carbocycles. The van der Waals surface area contributed by atoms with Gasteiger partial charge in [0.15, 0.2) is 0 Å². The van der Waals surface area contributed by atoms with E-state index in [0.717, 1.165) is 23.1 Å². The summed E-state index contributed by atoms with van der Waals surface area (Å²) < 4.78 is 15.7. The zero-order chi connectivity index (χ0) is 20.1. The van der Waals surface area contributed by atoms with Crippen molar-refractivity contribution in [3.05, 3.63) is 65.4 Å². The summed E-state index contributed by atoms with van der Waals surface area (Å²) in [6, 6.07) is 14.8. The van der Waals surface area contributed by atoms with Crippen LogP contribution in [0.3, 0.4) is 0 Å². The van der Waals surface area contributed by atoms with Crippen LogP contribution in [0, 0.1) is 0 Å². The number of hydrogen-bond acceptors (Lipinski definition) is 6. The summed E-state index contributed by atoms with van der Waals surface area (Å²) in [5.74, 6) is 0.925. The van der Waals surface area contributed by atoms with Crippen molar-refractivity contribution < 1.29 is 23.8 Å². The molecule has 0 spiro atoms. The number of carbonyl (C=O) groups is 1. The van der Waals surface area contributed by atoms with Gasteiger partial charge in [-0.1, -0.05) is 12.1 Å². The highest BCUT2D eigenvalue weighted by atomic mass is 16.5. The van der Waals surface area contributed by atoms with E-state index in [1.165, 1.54) is 7.11 Å². The van der Waals surface area contributed by atoms with Crippen molar-refractivity contribution in [3.8, 4) is 5.75 Å². The Morgan fingerprint density at radius 2 is 1.89 bits per heavy atom. The van der Waals surface area contributed by atoms with Gasteiger partial charge in [-0.25, -0.2) is 4.79 Å². The molecular weight excluding hydrogens is 358 g/mol. The molecule has 148 valence electrons. The molecule has 2 unspecified atom stereocenters. The van der Waals surface area contributed by atoms with Crippen molar-refractivity contribution in [2.24, 2.45) is 0 Å². The summed E-state index contributed by atoms with van der Waals surface area (Å²) in [6.45, 7) is 2.42. The third-order valence-electron chi connectivity index (χ3n) is 4.65.